The van der Waals surface area contributed by atoms with Crippen molar-refractivity contribution in [3.8, 4) is 45.0 Å². The van der Waals surface area contributed by atoms with Gasteiger partial charge in [0, 0.05) is 66.5 Å². The molecule has 14 nitrogen and oxygen atoms in total. The largest absolute Gasteiger partial charge is 3.00 e. The van der Waals surface area contributed by atoms with Crippen molar-refractivity contribution in [3.05, 3.63) is 208 Å². The molecule has 2 aromatic heterocycles. The fraction of sp³-hybridized carbons (Fsp3) is 0.175. The molecule has 0 saturated carbocycles. The number of rotatable bonds is 14. The van der Waals surface area contributed by atoms with Crippen molar-refractivity contribution in [2.75, 3.05) is 0 Å². The predicted molar refractivity (Wildman–Crippen MR) is 266 cm³/mol. The van der Waals surface area contributed by atoms with E-state index >= 15 is 0 Å². The second-order valence-corrected chi connectivity index (χ2v) is 15.2. The molecule has 0 aliphatic heterocycles. The number of Topliss-reactive ketones (excluding diaryl/α,β-unsaturated/α-hetero) is 5. The van der Waals surface area contributed by atoms with E-state index in [2.05, 4.69) is 113 Å². The number of H-pyrrole nitrogens is 2. The molecule has 0 fully saturated rings. The molecule has 0 amide bonds. The second kappa shape index (κ2) is 38.5. The summed E-state index contributed by atoms with van der Waals surface area (Å²) in [6.45, 7) is 21.9. The zero-order valence-corrected chi connectivity index (χ0v) is 43.0. The molecule has 1 radical (unpaired) electrons. The minimum atomic E-state index is -0.312. The number of ketones is 5. The van der Waals surface area contributed by atoms with E-state index in [9.17, 15) is 49.5 Å². The van der Waals surface area contributed by atoms with E-state index in [1.165, 1.54) is 34.6 Å². The van der Waals surface area contributed by atoms with E-state index in [0.29, 0.717) is 0 Å². The first kappa shape index (κ1) is 65.8. The molecule has 2 N–H and O–H groups in total. The Bertz CT molecular complexity index is 2200. The number of hydrogen-bond donors (Lipinski definition) is 0. The van der Waals surface area contributed by atoms with Crippen LogP contribution in [0.3, 0.4) is 0 Å². The molecule has 0 aliphatic rings. The molecular formula is C57H61N4O10Ru. The zero-order valence-electron chi connectivity index (χ0n) is 41.3. The van der Waals surface area contributed by atoms with Gasteiger partial charge in [-0.05, 0) is 44.6 Å². The van der Waals surface area contributed by atoms with Gasteiger partial charge in [-0.1, -0.05) is 121 Å². The van der Waals surface area contributed by atoms with Crippen LogP contribution < -0.4 is 35.5 Å². The van der Waals surface area contributed by atoms with Crippen LogP contribution >= 0.6 is 0 Å². The zero-order chi connectivity index (χ0) is 53.7. The van der Waals surface area contributed by atoms with E-state index in [4.69, 9.17) is 0 Å². The van der Waals surface area contributed by atoms with Crippen molar-refractivity contribution in [2.45, 2.75) is 66.7 Å². The molecule has 0 atom stereocenters. The summed E-state index contributed by atoms with van der Waals surface area (Å²) in [5.74, 6) is -2.19. The van der Waals surface area contributed by atoms with E-state index in [1.54, 1.807) is 12.7 Å². The summed E-state index contributed by atoms with van der Waals surface area (Å²) in [7, 11) is 0. The molecule has 0 bridgehead atoms. The molecule has 0 aliphatic carbocycles. The molecule has 0 saturated heterocycles. The van der Waals surface area contributed by atoms with Gasteiger partial charge in [0.1, 0.15) is 40.3 Å². The summed E-state index contributed by atoms with van der Waals surface area (Å²) in [5.41, 5.74) is 8.69. The third-order valence-electron chi connectivity index (χ3n) is 7.95. The Morgan fingerprint density at radius 3 is 0.736 bits per heavy atom. The topological polar surface area (TPSA) is 255 Å². The van der Waals surface area contributed by atoms with Crippen molar-refractivity contribution in [1.82, 2.24) is 9.97 Å². The summed E-state index contributed by atoms with van der Waals surface area (Å²) < 4.78 is 0. The van der Waals surface area contributed by atoms with E-state index in [1.807, 2.05) is 72.8 Å². The Morgan fingerprint density at radius 1 is 0.375 bits per heavy atom. The number of benzene rings is 4. The summed E-state index contributed by atoms with van der Waals surface area (Å²) in [4.78, 5) is 65.1. The second-order valence-electron chi connectivity index (χ2n) is 15.2. The number of nitrogens with zero attached hydrogens (tertiary/aromatic N) is 2. The molecule has 0 spiro atoms. The van der Waals surface area contributed by atoms with Gasteiger partial charge >= 0.3 is 19.5 Å². The maximum Gasteiger partial charge on any atom is 3.00 e. The first-order valence-corrected chi connectivity index (χ1v) is 21.7. The smallest absolute Gasteiger partial charge is 0.876 e. The van der Waals surface area contributed by atoms with Crippen molar-refractivity contribution in [3.63, 3.8) is 0 Å². The van der Waals surface area contributed by atoms with Crippen molar-refractivity contribution in [2.24, 2.45) is 0 Å². The molecule has 2 heterocycles. The van der Waals surface area contributed by atoms with E-state index in [0.717, 1.165) is 45.0 Å². The normalized spacial score (nSPS) is 9.07. The summed E-state index contributed by atoms with van der Waals surface area (Å²) in [5, 5.41) is 49.6. The van der Waals surface area contributed by atoms with Crippen LogP contribution in [0.2, 0.25) is 0 Å². The van der Waals surface area contributed by atoms with Crippen molar-refractivity contribution in [1.29, 1.82) is 0 Å². The van der Waals surface area contributed by atoms with E-state index in [-0.39, 0.29) is 109 Å². The first-order chi connectivity index (χ1) is 33.5. The third kappa shape index (κ3) is 35.8. The molecule has 377 valence electrons. The fourth-order valence-electron chi connectivity index (χ4n) is 5.26. The number of hydrogen-bond acceptors (Lipinski definition) is 12. The average molecular weight is 1060 g/mol. The Labute approximate surface area is 435 Å². The molecule has 4 aromatic carbocycles. The molecule has 6 aromatic rings. The minimum absolute atomic E-state index is 0. The molecule has 72 heavy (non-hydrogen) atoms. The van der Waals surface area contributed by atoms with E-state index < -0.39 is 0 Å². The summed E-state index contributed by atoms with van der Waals surface area (Å²) in [6, 6.07) is 45.0. The van der Waals surface area contributed by atoms with Crippen LogP contribution in [0.4, 0.5) is 0 Å². The average Bonchev–Trinajstić information content (AvgIpc) is 3.29. The maximum absolute atomic E-state index is 9.99. The number of carbonyl (C=O) groups excluding carboxylic acids is 5. The van der Waals surface area contributed by atoms with Crippen LogP contribution in [0.5, 0.6) is 0 Å². The van der Waals surface area contributed by atoms with Gasteiger partial charge in [0.15, 0.2) is 11.4 Å². The Balaban J connectivity index is 0. The van der Waals surface area contributed by atoms with Gasteiger partial charge in [0.25, 0.3) is 12.7 Å². The fourth-order valence-corrected chi connectivity index (χ4v) is 5.26. The van der Waals surface area contributed by atoms with Crippen molar-refractivity contribution < 1.29 is 79.0 Å². The summed E-state index contributed by atoms with van der Waals surface area (Å²) >= 11 is 0. The number of aromatic amines is 2. The van der Waals surface area contributed by atoms with Gasteiger partial charge < -0.3 is 25.5 Å². The number of carbonyl (C=O) groups is 5. The molecule has 15 heteroatoms. The van der Waals surface area contributed by atoms with Crippen LogP contribution in [-0.2, 0) is 43.5 Å². The van der Waals surface area contributed by atoms with Gasteiger partial charge in [-0.25, -0.2) is 9.97 Å². The first-order valence-electron chi connectivity index (χ1n) is 21.7. The minimum Gasteiger partial charge on any atom is -0.876 e. The quantitative estimate of drug-likeness (QED) is 0.0947. The Morgan fingerprint density at radius 2 is 0.569 bits per heavy atom. The Kier molecular flexibility index (Phi) is 35.2. The molecule has 6 rings (SSSR count). The van der Waals surface area contributed by atoms with Gasteiger partial charge in [-0.2, -0.15) is 0 Å². The van der Waals surface area contributed by atoms with Crippen molar-refractivity contribution >= 4 is 28.9 Å². The van der Waals surface area contributed by atoms with Gasteiger partial charge in [0.05, 0.1) is 0 Å². The van der Waals surface area contributed by atoms with Crippen LogP contribution in [0.1, 0.15) is 66.7 Å². The van der Waals surface area contributed by atoms with Crippen LogP contribution in [0.25, 0.3) is 45.0 Å². The SMILES string of the molecule is C=C([O-])CC(C)=O.C=C([O-])CC(C)=O.C=C([O-])CC(C)=O.C=C([O-])CC(C)=O.C=C([O-])CC(C)=O.[Ru+3].c1ccc(-c2cc(-c3ccccc3)[nH+]cn2)cc1.c1ccc(-c2cc(-c3ccccc3)[nH+]cn2)cc1. The molecule has 0 unspecified atom stereocenters. The third-order valence-corrected chi connectivity index (χ3v) is 7.95. The van der Waals surface area contributed by atoms with Gasteiger partial charge in [0.2, 0.25) is 0 Å². The number of nitrogens with one attached hydrogen (secondary N) is 2. The van der Waals surface area contributed by atoms with Gasteiger partial charge in [-0.15, -0.1) is 61.7 Å². The summed E-state index contributed by atoms with van der Waals surface area (Å²) in [6.07, 6.45) is 3.34. The monoisotopic (exact) mass is 1060 g/mol. The number of aromatic nitrogens is 4. The van der Waals surface area contributed by atoms with Gasteiger partial charge in [-0.3, -0.25) is 24.0 Å². The molecular weight excluding hydrogens is 1000 g/mol. The standard InChI is InChI=1S/2C16H12N2.5C5H8O2.Ru/c2*1-3-7-13(8-4-1)15-11-16(18-12-17-15)14-9-5-2-6-10-14;5*1-4(6)3-5(2)7;/h2*1-12H;5*6H,1,3H2,2H3;/q;;;;;;;+3/p-3. The van der Waals surface area contributed by atoms with Crippen LogP contribution in [0.15, 0.2) is 208 Å². The van der Waals surface area contributed by atoms with Crippen LogP contribution in [0, 0.1) is 0 Å². The van der Waals surface area contributed by atoms with Crippen LogP contribution in [-0.4, -0.2) is 38.9 Å². The Hall–Kier alpha value is -8.29. The predicted octanol–water partition coefficient (Wildman–Crippen LogP) is 5.65. The number of allylic oxidation sites excluding steroid dienone is 5. The maximum atomic E-state index is 9.99.